The average molecular weight is 1560 g/mol. The van der Waals surface area contributed by atoms with Crippen molar-refractivity contribution in [3.05, 3.63) is 230 Å². The number of anilines is 3. The number of rotatable bonds is 17. The van der Waals surface area contributed by atoms with Crippen LogP contribution in [-0.2, 0) is 20.1 Å². The van der Waals surface area contributed by atoms with E-state index in [9.17, 15) is 59.1 Å². The lowest BCUT2D eigenvalue weighted by Gasteiger charge is -2.36. The summed E-state index contributed by atoms with van der Waals surface area (Å²) in [6.45, 7) is 12.1. The largest absolute Gasteiger partial charge is 0.497 e. The number of aromatic nitrogens is 3. The van der Waals surface area contributed by atoms with Crippen LogP contribution in [0.3, 0.4) is 0 Å². The fraction of sp³-hybridized carbons (Fsp3) is 0.377. The summed E-state index contributed by atoms with van der Waals surface area (Å²) in [7, 11) is 10.8. The Kier molecular flexibility index (Phi) is 28.9. The van der Waals surface area contributed by atoms with Gasteiger partial charge < -0.3 is 57.6 Å². The normalized spacial score (nSPS) is 13.6. The molecule has 27 nitrogen and oxygen atoms in total. The number of carbonyl (C=O) groups excluding carboxylic acids is 3. The predicted octanol–water partition coefficient (Wildman–Crippen LogP) is 13.1. The summed E-state index contributed by atoms with van der Waals surface area (Å²) in [5, 5.41) is 39.6. The van der Waals surface area contributed by atoms with Crippen LogP contribution in [0.1, 0.15) is 76.5 Å². The number of hydrogen-bond acceptors (Lipinski definition) is 18. The second-order valence-electron chi connectivity index (χ2n) is 26.5. The van der Waals surface area contributed by atoms with Crippen molar-refractivity contribution in [2.75, 3.05) is 142 Å². The molecule has 0 bridgehead atoms. The number of hydrogen-bond donors (Lipinski definition) is 0. The van der Waals surface area contributed by atoms with Crippen LogP contribution in [0.5, 0.6) is 5.75 Å². The molecule has 3 aliphatic heterocycles. The minimum atomic E-state index is -0.641. The molecule has 6 aromatic carbocycles. The van der Waals surface area contributed by atoms with Crippen molar-refractivity contribution in [3.63, 3.8) is 0 Å². The molecular weight excluding hydrogens is 1470 g/mol. The van der Waals surface area contributed by atoms with Crippen molar-refractivity contribution in [1.82, 2.24) is 38.2 Å². The first-order chi connectivity index (χ1) is 50.0. The number of benzene rings is 6. The van der Waals surface area contributed by atoms with Crippen molar-refractivity contribution in [2.24, 2.45) is 7.05 Å². The number of pyridine rings is 3. The zero-order valence-electron chi connectivity index (χ0n) is 59.6. The number of fused-ring (bicyclic) bond motifs is 3. The van der Waals surface area contributed by atoms with Gasteiger partial charge in [0.1, 0.15) is 22.8 Å². The van der Waals surface area contributed by atoms with E-state index >= 15 is 0 Å². The standard InChI is InChI=1S/C26H29Cl2N5O4.C25H27Cl2N5O4.C23H24N4O5.3CH4/c1-17-5-8-22-19(15-17)23(24(33(36)37)26(35)32(22)10-4-9-29(2)3)30-11-13-31(14-12-30)25(34)18-6-7-20(27)21(28)16-18;1-16-4-7-21-18(14-16)22(23(32(35)36)25(34)31(21)13-8-28(2)3)29-9-11-30(12-10-29)24(33)17-5-6-19(26)20(27)15-17;1-15-4-9-19-18(14-15)20(21(27(30)31)23(29)24(19)2)25-10-12-26(13-11-25)22(28)16-5-7-17(32-3)8-6-16;;;/h5-8,15-16H,4,9-14H2,1-3H3;4-7,14-15H,8-13H2,1-3H3;4-9,14H,10-13H2,1-3H3;3*1H4. The lowest BCUT2D eigenvalue weighted by molar-refractivity contribution is -0.385. The fourth-order valence-electron chi connectivity index (χ4n) is 13.4. The highest BCUT2D eigenvalue weighted by atomic mass is 35.5. The number of piperazine rings is 3. The molecule has 0 atom stereocenters. The number of carbonyl (C=O) groups is 3. The number of nitrogens with zero attached hydrogens (tertiary/aromatic N) is 14. The average Bonchev–Trinajstić information content (AvgIpc) is 0.757. The first kappa shape index (κ1) is 85.1. The van der Waals surface area contributed by atoms with Gasteiger partial charge in [-0.2, -0.15) is 0 Å². The number of likely N-dealkylation sites (N-methyl/N-ethyl adjacent to an activating group) is 1. The fourth-order valence-corrected chi connectivity index (χ4v) is 14.0. The summed E-state index contributed by atoms with van der Waals surface area (Å²) in [6, 6.07) is 33.2. The van der Waals surface area contributed by atoms with Crippen LogP contribution in [0.25, 0.3) is 32.7 Å². The highest BCUT2D eigenvalue weighted by Crippen LogP contribution is 2.39. The van der Waals surface area contributed by atoms with Crippen molar-refractivity contribution in [3.8, 4) is 5.75 Å². The van der Waals surface area contributed by atoms with E-state index in [1.807, 2.05) is 128 Å². The lowest BCUT2D eigenvalue weighted by Crippen LogP contribution is -2.49. The quantitative estimate of drug-likeness (QED) is 0.0605. The molecule has 3 aromatic heterocycles. The second-order valence-corrected chi connectivity index (χ2v) is 28.1. The van der Waals surface area contributed by atoms with Crippen LogP contribution < -0.4 is 36.1 Å². The molecule has 9 aromatic rings. The van der Waals surface area contributed by atoms with E-state index in [1.54, 1.807) is 77.4 Å². The first-order valence-corrected chi connectivity index (χ1v) is 35.4. The van der Waals surface area contributed by atoms with Gasteiger partial charge >= 0.3 is 33.7 Å². The van der Waals surface area contributed by atoms with Gasteiger partial charge in [0.05, 0.1) is 58.5 Å². The topological polar surface area (TPSA) is 282 Å². The van der Waals surface area contributed by atoms with Crippen LogP contribution in [0, 0.1) is 51.1 Å². The first-order valence-electron chi connectivity index (χ1n) is 33.8. The Morgan fingerprint density at radius 2 is 0.750 bits per heavy atom. The molecule has 6 heterocycles. The number of ether oxygens (including phenoxy) is 1. The van der Waals surface area contributed by atoms with Gasteiger partial charge in [-0.15, -0.1) is 0 Å². The van der Waals surface area contributed by atoms with E-state index in [4.69, 9.17) is 51.1 Å². The van der Waals surface area contributed by atoms with Gasteiger partial charge in [-0.3, -0.25) is 59.1 Å². The maximum absolute atomic E-state index is 13.5. The maximum Gasteiger partial charge on any atom is 0.357 e. The summed E-state index contributed by atoms with van der Waals surface area (Å²) < 4.78 is 9.46. The smallest absolute Gasteiger partial charge is 0.357 e. The number of nitro groups is 3. The van der Waals surface area contributed by atoms with E-state index in [1.165, 1.54) is 25.8 Å². The summed E-state index contributed by atoms with van der Waals surface area (Å²) >= 11 is 24.1. The van der Waals surface area contributed by atoms with Gasteiger partial charge in [-0.25, -0.2) is 0 Å². The molecule has 3 fully saturated rings. The zero-order chi connectivity index (χ0) is 76.0. The van der Waals surface area contributed by atoms with E-state index < -0.39 is 48.5 Å². The number of aryl methyl sites for hydroxylation is 5. The van der Waals surface area contributed by atoms with Gasteiger partial charge in [0, 0.05) is 138 Å². The molecule has 3 aliphatic rings. The molecule has 0 unspecified atom stereocenters. The molecule has 0 saturated carbocycles. The monoisotopic (exact) mass is 1560 g/mol. The highest BCUT2D eigenvalue weighted by Gasteiger charge is 2.37. The third-order valence-corrected chi connectivity index (χ3v) is 20.3. The van der Waals surface area contributed by atoms with Crippen molar-refractivity contribution >= 4 is 131 Å². The summed E-state index contributed by atoms with van der Waals surface area (Å²) in [5.74, 6) is 0.185. The van der Waals surface area contributed by atoms with Crippen LogP contribution in [-0.4, -0.2) is 198 Å². The van der Waals surface area contributed by atoms with Gasteiger partial charge in [0.15, 0.2) is 0 Å². The Hall–Kier alpha value is -10.2. The number of halogens is 4. The maximum atomic E-state index is 13.5. The van der Waals surface area contributed by atoms with Gasteiger partial charge in [-0.05, 0) is 159 Å². The van der Waals surface area contributed by atoms with Crippen molar-refractivity contribution in [1.29, 1.82) is 0 Å². The van der Waals surface area contributed by atoms with Crippen LogP contribution in [0.2, 0.25) is 20.1 Å². The number of methoxy groups -OCH3 is 1. The van der Waals surface area contributed by atoms with Crippen LogP contribution in [0.15, 0.2) is 130 Å². The van der Waals surface area contributed by atoms with E-state index in [0.29, 0.717) is 197 Å². The Bertz CT molecular complexity index is 5070. The van der Waals surface area contributed by atoms with Crippen molar-refractivity contribution < 1.29 is 33.9 Å². The van der Waals surface area contributed by atoms with E-state index in [-0.39, 0.29) is 40.0 Å². The molecular formula is C77H92Cl4N14O13. The van der Waals surface area contributed by atoms with E-state index in [0.717, 1.165) is 23.2 Å². The molecule has 31 heteroatoms. The highest BCUT2D eigenvalue weighted by molar-refractivity contribution is 6.42. The van der Waals surface area contributed by atoms with Crippen LogP contribution in [0.4, 0.5) is 34.1 Å². The summed E-state index contributed by atoms with van der Waals surface area (Å²) in [5.41, 5.74) is 3.99. The lowest BCUT2D eigenvalue weighted by atomic mass is 10.1. The third kappa shape index (κ3) is 18.5. The Labute approximate surface area is 646 Å². The molecule has 576 valence electrons. The van der Waals surface area contributed by atoms with Gasteiger partial charge in [-0.1, -0.05) is 104 Å². The Balaban J connectivity index is 0.000000223. The SMILES string of the molecule is C.C.C.COc1ccc(C(=O)N2CCN(c3c([N+](=O)[O-])c(=O)n(C)c4ccc(C)cc34)CC2)cc1.Cc1ccc2c(c1)c(N1CCN(C(=O)c3ccc(Cl)c(Cl)c3)CC1)c([N+](=O)[O-])c(=O)n2CCCN(C)C.Cc1ccc2c(c1)c(N1CCN(C(=O)c3ccc(Cl)c(Cl)c3)CC1)c([N+](=O)[O-])c(=O)n2CCN(C)C. The molecule has 3 amide bonds. The Morgan fingerprint density at radius 1 is 0.426 bits per heavy atom. The van der Waals surface area contributed by atoms with Crippen molar-refractivity contribution in [2.45, 2.75) is 62.6 Å². The van der Waals surface area contributed by atoms with Gasteiger partial charge in [0.2, 0.25) is 0 Å². The summed E-state index contributed by atoms with van der Waals surface area (Å²) in [6.07, 6.45) is 0.682. The molecule has 12 rings (SSSR count). The van der Waals surface area contributed by atoms with Gasteiger partial charge in [0.25, 0.3) is 17.7 Å². The molecule has 0 aliphatic carbocycles. The van der Waals surface area contributed by atoms with Crippen LogP contribution >= 0.6 is 46.4 Å². The molecule has 0 radical (unpaired) electrons. The van der Waals surface area contributed by atoms with E-state index in [2.05, 4.69) is 0 Å². The summed E-state index contributed by atoms with van der Waals surface area (Å²) in [4.78, 5) is 128. The molecule has 108 heavy (non-hydrogen) atoms. The molecule has 3 saturated heterocycles. The predicted molar refractivity (Wildman–Crippen MR) is 432 cm³/mol. The minimum absolute atomic E-state index is 0. The Morgan fingerprint density at radius 3 is 1.09 bits per heavy atom. The molecule has 0 spiro atoms. The minimum Gasteiger partial charge on any atom is -0.497 e. The third-order valence-electron chi connectivity index (χ3n) is 18.9. The zero-order valence-corrected chi connectivity index (χ0v) is 62.6. The molecule has 0 N–H and O–H groups in total. The number of amides is 3. The second kappa shape index (κ2) is 36.6.